The summed E-state index contributed by atoms with van der Waals surface area (Å²) in [5.74, 6) is -1.24. The van der Waals surface area contributed by atoms with Gasteiger partial charge in [-0.05, 0) is 25.0 Å². The highest BCUT2D eigenvalue weighted by atomic mass is 19.1. The van der Waals surface area contributed by atoms with Crippen molar-refractivity contribution in [1.29, 1.82) is 0 Å². The SMILES string of the molecule is COc1c(C2(N=C=O)CCCC2)ccc(F)c1O. The Morgan fingerprint density at radius 1 is 1.44 bits per heavy atom. The third-order valence-electron chi connectivity index (χ3n) is 3.48. The van der Waals surface area contributed by atoms with Crippen molar-refractivity contribution in [2.45, 2.75) is 31.2 Å². The maximum atomic E-state index is 13.3. The van der Waals surface area contributed by atoms with Gasteiger partial charge in [0, 0.05) is 5.56 Å². The summed E-state index contributed by atoms with van der Waals surface area (Å²) < 4.78 is 18.4. The van der Waals surface area contributed by atoms with E-state index < -0.39 is 17.1 Å². The number of halogens is 1. The van der Waals surface area contributed by atoms with E-state index in [1.807, 2.05) is 0 Å². The molecule has 2 rings (SSSR count). The standard InChI is InChI=1S/C13H14FNO3/c1-18-12-9(4-5-10(14)11(12)17)13(15-8-16)6-2-3-7-13/h4-5,17H,2-3,6-7H2,1H3. The minimum absolute atomic E-state index is 0.0518. The number of methoxy groups -OCH3 is 1. The Morgan fingerprint density at radius 3 is 2.67 bits per heavy atom. The largest absolute Gasteiger partial charge is 0.502 e. The Labute approximate surface area is 104 Å². The predicted octanol–water partition coefficient (Wildman–Crippen LogP) is 2.65. The minimum atomic E-state index is -0.751. The molecule has 0 bridgehead atoms. The number of isocyanates is 1. The van der Waals surface area contributed by atoms with Crippen molar-refractivity contribution in [3.8, 4) is 11.5 Å². The van der Waals surface area contributed by atoms with E-state index in [-0.39, 0.29) is 5.75 Å². The van der Waals surface area contributed by atoms with Gasteiger partial charge in [-0.25, -0.2) is 9.18 Å². The number of nitrogens with zero attached hydrogens (tertiary/aromatic N) is 1. The summed E-state index contributed by atoms with van der Waals surface area (Å²) in [6.45, 7) is 0. The average molecular weight is 251 g/mol. The minimum Gasteiger partial charge on any atom is -0.502 e. The van der Waals surface area contributed by atoms with Crippen LogP contribution in [0.25, 0.3) is 0 Å². The van der Waals surface area contributed by atoms with Crippen LogP contribution >= 0.6 is 0 Å². The zero-order valence-corrected chi connectivity index (χ0v) is 10.1. The third kappa shape index (κ3) is 1.87. The van der Waals surface area contributed by atoms with Crippen LogP contribution in [0, 0.1) is 5.82 Å². The maximum Gasteiger partial charge on any atom is 0.235 e. The van der Waals surface area contributed by atoms with Gasteiger partial charge in [-0.2, -0.15) is 4.99 Å². The third-order valence-corrected chi connectivity index (χ3v) is 3.48. The second-order valence-corrected chi connectivity index (χ2v) is 4.42. The van der Waals surface area contributed by atoms with Gasteiger partial charge < -0.3 is 9.84 Å². The molecule has 1 saturated carbocycles. The summed E-state index contributed by atoms with van der Waals surface area (Å²) in [5, 5.41) is 9.68. The summed E-state index contributed by atoms with van der Waals surface area (Å²) in [6.07, 6.45) is 4.77. The second kappa shape index (κ2) is 4.78. The number of benzene rings is 1. The molecule has 4 nitrogen and oxygen atoms in total. The van der Waals surface area contributed by atoms with Crippen LogP contribution in [0.5, 0.6) is 11.5 Å². The van der Waals surface area contributed by atoms with Crippen LogP contribution in [-0.4, -0.2) is 18.3 Å². The van der Waals surface area contributed by atoms with Crippen LogP contribution in [0.15, 0.2) is 17.1 Å². The lowest BCUT2D eigenvalue weighted by atomic mass is 9.88. The number of ether oxygens (including phenoxy) is 1. The van der Waals surface area contributed by atoms with Gasteiger partial charge in [0.15, 0.2) is 17.3 Å². The molecule has 0 saturated heterocycles. The van der Waals surface area contributed by atoms with Crippen molar-refractivity contribution >= 4 is 6.08 Å². The molecule has 1 aromatic carbocycles. The maximum absolute atomic E-state index is 13.3. The van der Waals surface area contributed by atoms with E-state index in [0.717, 1.165) is 18.9 Å². The lowest BCUT2D eigenvalue weighted by molar-refractivity contribution is 0.337. The molecule has 0 spiro atoms. The van der Waals surface area contributed by atoms with E-state index in [1.165, 1.54) is 13.2 Å². The molecule has 18 heavy (non-hydrogen) atoms. The molecule has 1 aliphatic carbocycles. The number of aliphatic imine (C=N–C) groups is 1. The topological polar surface area (TPSA) is 58.9 Å². The number of phenolic OH excluding ortho intramolecular Hbond substituents is 1. The molecule has 1 fully saturated rings. The first-order chi connectivity index (χ1) is 8.64. The summed E-state index contributed by atoms with van der Waals surface area (Å²) in [4.78, 5) is 14.5. The van der Waals surface area contributed by atoms with Crippen LogP contribution in [0.2, 0.25) is 0 Å². The quantitative estimate of drug-likeness (QED) is 0.663. The van der Waals surface area contributed by atoms with Crippen molar-refractivity contribution in [2.24, 2.45) is 4.99 Å². The molecule has 0 unspecified atom stereocenters. The van der Waals surface area contributed by atoms with Gasteiger partial charge in [-0.15, -0.1) is 0 Å². The first-order valence-corrected chi connectivity index (χ1v) is 5.79. The van der Waals surface area contributed by atoms with E-state index in [2.05, 4.69) is 4.99 Å². The highest BCUT2D eigenvalue weighted by Crippen LogP contribution is 2.48. The van der Waals surface area contributed by atoms with E-state index in [9.17, 15) is 14.3 Å². The number of aromatic hydroxyl groups is 1. The van der Waals surface area contributed by atoms with Crippen LogP contribution in [-0.2, 0) is 10.3 Å². The Hall–Kier alpha value is -1.87. The summed E-state index contributed by atoms with van der Waals surface area (Å²) in [7, 11) is 1.35. The molecule has 0 aliphatic heterocycles. The molecule has 1 N–H and O–H groups in total. The van der Waals surface area contributed by atoms with Crippen molar-refractivity contribution in [2.75, 3.05) is 7.11 Å². The number of rotatable bonds is 3. The highest BCUT2D eigenvalue weighted by molar-refractivity contribution is 5.52. The monoisotopic (exact) mass is 251 g/mol. The van der Waals surface area contributed by atoms with Crippen LogP contribution in [0.3, 0.4) is 0 Å². The van der Waals surface area contributed by atoms with Gasteiger partial charge in [0.2, 0.25) is 6.08 Å². The van der Waals surface area contributed by atoms with Gasteiger partial charge >= 0.3 is 0 Å². The second-order valence-electron chi connectivity index (χ2n) is 4.42. The molecule has 0 heterocycles. The average Bonchev–Trinajstić information content (AvgIpc) is 2.82. The molecule has 1 aliphatic rings. The van der Waals surface area contributed by atoms with E-state index in [1.54, 1.807) is 6.08 Å². The number of carbonyl (C=O) groups excluding carboxylic acids is 1. The summed E-state index contributed by atoms with van der Waals surface area (Å²) in [6, 6.07) is 2.67. The number of hydrogen-bond donors (Lipinski definition) is 1. The lowest BCUT2D eigenvalue weighted by Gasteiger charge is -2.25. The zero-order valence-electron chi connectivity index (χ0n) is 10.1. The van der Waals surface area contributed by atoms with Crippen LogP contribution in [0.1, 0.15) is 31.2 Å². The summed E-state index contributed by atoms with van der Waals surface area (Å²) >= 11 is 0. The molecule has 1 aromatic rings. The van der Waals surface area contributed by atoms with Crippen LogP contribution in [0.4, 0.5) is 4.39 Å². The molecule has 0 amide bonds. The first kappa shape index (κ1) is 12.6. The van der Waals surface area contributed by atoms with Gasteiger partial charge in [0.05, 0.1) is 7.11 Å². The Bertz CT molecular complexity index is 503. The molecular weight excluding hydrogens is 237 g/mol. The molecule has 5 heteroatoms. The molecule has 0 aromatic heterocycles. The van der Waals surface area contributed by atoms with Crippen molar-refractivity contribution in [1.82, 2.24) is 0 Å². The fraction of sp³-hybridized carbons (Fsp3) is 0.462. The molecule has 0 atom stereocenters. The summed E-state index contributed by atoms with van der Waals surface area (Å²) in [5.41, 5.74) is -0.192. The number of phenols is 1. The van der Waals surface area contributed by atoms with E-state index in [4.69, 9.17) is 4.74 Å². The van der Waals surface area contributed by atoms with Crippen molar-refractivity contribution in [3.63, 3.8) is 0 Å². The first-order valence-electron chi connectivity index (χ1n) is 5.79. The lowest BCUT2D eigenvalue weighted by Crippen LogP contribution is -2.20. The van der Waals surface area contributed by atoms with E-state index >= 15 is 0 Å². The number of hydrogen-bond acceptors (Lipinski definition) is 4. The smallest absolute Gasteiger partial charge is 0.235 e. The van der Waals surface area contributed by atoms with Crippen molar-refractivity contribution in [3.05, 3.63) is 23.5 Å². The predicted molar refractivity (Wildman–Crippen MR) is 62.9 cm³/mol. The van der Waals surface area contributed by atoms with Gasteiger partial charge in [-0.3, -0.25) is 0 Å². The molecular formula is C13H14FNO3. The van der Waals surface area contributed by atoms with Crippen LogP contribution < -0.4 is 4.74 Å². The Balaban J connectivity index is 2.62. The van der Waals surface area contributed by atoms with Gasteiger partial charge in [0.1, 0.15) is 5.54 Å². The fourth-order valence-electron chi connectivity index (χ4n) is 2.61. The normalized spacial score (nSPS) is 17.2. The van der Waals surface area contributed by atoms with E-state index in [0.29, 0.717) is 18.4 Å². The zero-order chi connectivity index (χ0) is 13.2. The highest BCUT2D eigenvalue weighted by Gasteiger charge is 2.39. The fourth-order valence-corrected chi connectivity index (χ4v) is 2.61. The Kier molecular flexibility index (Phi) is 3.34. The van der Waals surface area contributed by atoms with Gasteiger partial charge in [-0.1, -0.05) is 12.8 Å². The van der Waals surface area contributed by atoms with Crippen molar-refractivity contribution < 1.29 is 19.0 Å². The van der Waals surface area contributed by atoms with Gasteiger partial charge in [0.25, 0.3) is 0 Å². The molecule has 96 valence electrons. The Morgan fingerprint density at radius 2 is 2.11 bits per heavy atom. The molecule has 0 radical (unpaired) electrons.